The van der Waals surface area contributed by atoms with Crippen molar-refractivity contribution >= 4 is 11.6 Å². The molecular weight excluding hydrogens is 395 g/mol. The van der Waals surface area contributed by atoms with Crippen LogP contribution in [0.15, 0.2) is 48.5 Å². The molecule has 1 amide bonds. The molecule has 2 saturated carbocycles. The molecule has 5 rings (SSSR count). The molecule has 3 aromatic rings. The zero-order valence-corrected chi connectivity index (χ0v) is 15.8. The highest BCUT2D eigenvalue weighted by molar-refractivity contribution is 5.95. The molecule has 2 aliphatic carbocycles. The van der Waals surface area contributed by atoms with E-state index in [1.165, 1.54) is 12.1 Å². The molecule has 1 heterocycles. The number of carbonyl (C=O) groups excluding carboxylic acids is 1. The first-order chi connectivity index (χ1) is 14.4. The molecule has 2 fully saturated rings. The van der Waals surface area contributed by atoms with Crippen molar-refractivity contribution in [3.05, 3.63) is 59.7 Å². The molecule has 2 unspecified atom stereocenters. The summed E-state index contributed by atoms with van der Waals surface area (Å²) in [5, 5.41) is 14.7. The van der Waals surface area contributed by atoms with E-state index in [-0.39, 0.29) is 11.5 Å². The summed E-state index contributed by atoms with van der Waals surface area (Å²) in [6, 6.07) is 13.0. The topological polar surface area (TPSA) is 72.7 Å². The van der Waals surface area contributed by atoms with Crippen LogP contribution in [0.4, 0.5) is 18.9 Å². The lowest BCUT2D eigenvalue weighted by atomic mass is 10.0. The Bertz CT molecular complexity index is 1110. The van der Waals surface area contributed by atoms with Crippen molar-refractivity contribution in [1.29, 1.82) is 0 Å². The molecule has 1 N–H and O–H groups in total. The van der Waals surface area contributed by atoms with Gasteiger partial charge in [-0.3, -0.25) is 4.79 Å². The number of benzene rings is 2. The number of tetrazole rings is 1. The second-order valence-corrected chi connectivity index (χ2v) is 7.78. The summed E-state index contributed by atoms with van der Waals surface area (Å²) in [7, 11) is 0. The molecule has 6 nitrogen and oxygen atoms in total. The molecule has 9 heteroatoms. The Morgan fingerprint density at radius 1 is 1.10 bits per heavy atom. The number of nitrogens with zero attached hydrogens (tertiary/aromatic N) is 4. The number of hydrogen-bond acceptors (Lipinski definition) is 4. The molecule has 0 spiro atoms. The number of anilines is 1. The lowest BCUT2D eigenvalue weighted by Gasteiger charge is -2.12. The lowest BCUT2D eigenvalue weighted by Crippen LogP contribution is -2.15. The number of amides is 1. The summed E-state index contributed by atoms with van der Waals surface area (Å²) in [5.41, 5.74) is 0.860. The van der Waals surface area contributed by atoms with E-state index in [2.05, 4.69) is 20.8 Å². The molecule has 0 saturated heterocycles. The molecule has 1 aromatic heterocycles. The minimum absolute atomic E-state index is 0.183. The second-order valence-electron chi connectivity index (χ2n) is 7.78. The molecule has 30 heavy (non-hydrogen) atoms. The van der Waals surface area contributed by atoms with Gasteiger partial charge in [0.1, 0.15) is 0 Å². The highest BCUT2D eigenvalue weighted by atomic mass is 19.4. The van der Waals surface area contributed by atoms with Crippen molar-refractivity contribution in [2.75, 3.05) is 5.32 Å². The highest BCUT2D eigenvalue weighted by Crippen LogP contribution is 2.51. The third-order valence-electron chi connectivity index (χ3n) is 5.57. The Kier molecular flexibility index (Phi) is 4.34. The average molecular weight is 413 g/mol. The Hall–Kier alpha value is -3.23. The van der Waals surface area contributed by atoms with Gasteiger partial charge in [-0.25, -0.2) is 4.68 Å². The van der Waals surface area contributed by atoms with Crippen molar-refractivity contribution in [1.82, 2.24) is 20.2 Å². The van der Waals surface area contributed by atoms with Gasteiger partial charge in [0.25, 0.3) is 0 Å². The maximum absolute atomic E-state index is 13.3. The quantitative estimate of drug-likeness (QED) is 0.671. The van der Waals surface area contributed by atoms with Crippen molar-refractivity contribution in [3.63, 3.8) is 0 Å². The molecule has 2 aromatic carbocycles. The van der Waals surface area contributed by atoms with Gasteiger partial charge in [0.2, 0.25) is 5.91 Å². The van der Waals surface area contributed by atoms with Crippen LogP contribution in [0.2, 0.25) is 0 Å². The van der Waals surface area contributed by atoms with Crippen LogP contribution < -0.4 is 5.32 Å². The normalized spacial score (nSPS) is 20.8. The molecule has 0 bridgehead atoms. The first-order valence-corrected chi connectivity index (χ1v) is 9.77. The minimum atomic E-state index is -4.43. The van der Waals surface area contributed by atoms with E-state index in [1.54, 1.807) is 28.9 Å². The van der Waals surface area contributed by atoms with Gasteiger partial charge in [-0.15, -0.1) is 5.10 Å². The smallest absolute Gasteiger partial charge is 0.326 e. The number of carbonyl (C=O) groups is 1. The largest absolute Gasteiger partial charge is 0.416 e. The lowest BCUT2D eigenvalue weighted by molar-refractivity contribution is -0.138. The van der Waals surface area contributed by atoms with E-state index in [4.69, 9.17) is 0 Å². The van der Waals surface area contributed by atoms with Gasteiger partial charge in [-0.05, 0) is 59.4 Å². The maximum Gasteiger partial charge on any atom is 0.416 e. The number of hydrogen-bond donors (Lipinski definition) is 1. The standard InChI is InChI=1S/C21H18F3N5O/c22-21(23,24)18-7-2-1-6-15(18)16-11-17(16)20(30)25-13-5-3-4-12(10-13)19-26-27-28-29(19)14-8-9-14/h1-7,10,14,16-17H,8-9,11H2,(H,25,30). The first kappa shape index (κ1) is 18.8. The first-order valence-electron chi connectivity index (χ1n) is 9.77. The summed E-state index contributed by atoms with van der Waals surface area (Å²) in [4.78, 5) is 12.7. The van der Waals surface area contributed by atoms with Gasteiger partial charge < -0.3 is 5.32 Å². The van der Waals surface area contributed by atoms with Crippen molar-refractivity contribution in [2.45, 2.75) is 37.4 Å². The van der Waals surface area contributed by atoms with Crippen LogP contribution in [0.3, 0.4) is 0 Å². The number of halogens is 3. The predicted molar refractivity (Wildman–Crippen MR) is 102 cm³/mol. The van der Waals surface area contributed by atoms with Gasteiger partial charge in [-0.1, -0.05) is 30.3 Å². The van der Waals surface area contributed by atoms with E-state index in [9.17, 15) is 18.0 Å². The average Bonchev–Trinajstić information content (AvgIpc) is 3.65. The summed E-state index contributed by atoms with van der Waals surface area (Å²) in [6.07, 6.45) is -1.95. The summed E-state index contributed by atoms with van der Waals surface area (Å²) < 4.78 is 41.6. The van der Waals surface area contributed by atoms with E-state index >= 15 is 0 Å². The van der Waals surface area contributed by atoms with Crippen molar-refractivity contribution in [2.24, 2.45) is 5.92 Å². The predicted octanol–water partition coefficient (Wildman–Crippen LogP) is 4.44. The maximum atomic E-state index is 13.3. The summed E-state index contributed by atoms with van der Waals surface area (Å²) in [6.45, 7) is 0. The van der Waals surface area contributed by atoms with Crippen LogP contribution >= 0.6 is 0 Å². The molecular formula is C21H18F3N5O. The Labute approximate surface area is 170 Å². The van der Waals surface area contributed by atoms with E-state index in [1.807, 2.05) is 6.07 Å². The summed E-state index contributed by atoms with van der Waals surface area (Å²) in [5.74, 6) is -0.546. The fourth-order valence-corrected chi connectivity index (χ4v) is 3.83. The number of rotatable bonds is 5. The van der Waals surface area contributed by atoms with E-state index < -0.39 is 23.6 Å². The minimum Gasteiger partial charge on any atom is -0.326 e. The van der Waals surface area contributed by atoms with Gasteiger partial charge in [0.15, 0.2) is 5.82 Å². The zero-order valence-electron chi connectivity index (χ0n) is 15.8. The van der Waals surface area contributed by atoms with E-state index in [0.717, 1.165) is 24.5 Å². The molecule has 2 aliphatic rings. The number of nitrogens with one attached hydrogen (secondary N) is 1. The van der Waals surface area contributed by atoms with Crippen LogP contribution in [0, 0.1) is 5.92 Å². The molecule has 154 valence electrons. The monoisotopic (exact) mass is 413 g/mol. The van der Waals surface area contributed by atoms with E-state index in [0.29, 0.717) is 24.0 Å². The van der Waals surface area contributed by atoms with Gasteiger partial charge >= 0.3 is 6.18 Å². The Morgan fingerprint density at radius 2 is 1.90 bits per heavy atom. The van der Waals surface area contributed by atoms with Crippen molar-refractivity contribution in [3.8, 4) is 11.4 Å². The highest BCUT2D eigenvalue weighted by Gasteiger charge is 2.47. The molecule has 2 atom stereocenters. The van der Waals surface area contributed by atoms with Crippen LogP contribution in [0.1, 0.15) is 42.3 Å². The zero-order chi connectivity index (χ0) is 20.9. The van der Waals surface area contributed by atoms with Crippen LogP contribution in [-0.4, -0.2) is 26.1 Å². The van der Waals surface area contributed by atoms with Gasteiger partial charge in [0.05, 0.1) is 11.6 Å². The number of aromatic nitrogens is 4. The number of alkyl halides is 3. The Balaban J connectivity index is 1.31. The molecule has 0 aliphatic heterocycles. The van der Waals surface area contributed by atoms with Crippen LogP contribution in [0.5, 0.6) is 0 Å². The second kappa shape index (κ2) is 6.93. The molecule has 0 radical (unpaired) electrons. The summed E-state index contributed by atoms with van der Waals surface area (Å²) >= 11 is 0. The fraction of sp³-hybridized carbons (Fsp3) is 0.333. The third kappa shape index (κ3) is 3.55. The Morgan fingerprint density at radius 3 is 2.67 bits per heavy atom. The van der Waals surface area contributed by atoms with Gasteiger partial charge in [0, 0.05) is 17.2 Å². The van der Waals surface area contributed by atoms with Gasteiger partial charge in [-0.2, -0.15) is 13.2 Å². The van der Waals surface area contributed by atoms with Crippen LogP contribution in [0.25, 0.3) is 11.4 Å². The SMILES string of the molecule is O=C(Nc1cccc(-c2nnnn2C2CC2)c1)C1CC1c1ccccc1C(F)(F)F. The van der Waals surface area contributed by atoms with Crippen molar-refractivity contribution < 1.29 is 18.0 Å². The third-order valence-corrected chi connectivity index (χ3v) is 5.57. The fourth-order valence-electron chi connectivity index (χ4n) is 3.83. The van der Waals surface area contributed by atoms with Crippen LogP contribution in [-0.2, 0) is 11.0 Å².